The Kier molecular flexibility index (Phi) is 1.72. The third-order valence-corrected chi connectivity index (χ3v) is 2.41. The molecule has 4 N–H and O–H groups in total. The molecule has 0 atom stereocenters. The van der Waals surface area contributed by atoms with E-state index in [1.807, 2.05) is 0 Å². The van der Waals surface area contributed by atoms with E-state index in [0.717, 1.165) is 41.6 Å². The number of anilines is 1. The van der Waals surface area contributed by atoms with Gasteiger partial charge in [-0.15, -0.1) is 0 Å². The molecule has 0 unspecified atom stereocenters. The van der Waals surface area contributed by atoms with Gasteiger partial charge in [-0.2, -0.15) is 4.68 Å². The number of nitrogen functional groups attached to an aromatic ring is 2. The van der Waals surface area contributed by atoms with Crippen molar-refractivity contribution < 1.29 is 0 Å². The highest BCUT2D eigenvalue weighted by molar-refractivity contribution is 5.28. The molecular formula is C8H12N4O. The molecule has 2 rings (SSSR count). The van der Waals surface area contributed by atoms with Crippen LogP contribution in [0.4, 0.5) is 5.95 Å². The zero-order chi connectivity index (χ0) is 9.42. The first kappa shape index (κ1) is 8.10. The quantitative estimate of drug-likeness (QED) is 0.523. The molecule has 0 fully saturated rings. The molecule has 0 aliphatic heterocycles. The van der Waals surface area contributed by atoms with Crippen molar-refractivity contribution in [3.8, 4) is 0 Å². The first-order chi connectivity index (χ1) is 6.20. The number of nitrogens with two attached hydrogens (primary N) is 2. The Balaban J connectivity index is 2.68. The molecule has 5 heteroatoms. The van der Waals surface area contributed by atoms with Gasteiger partial charge in [0, 0.05) is 5.56 Å². The van der Waals surface area contributed by atoms with E-state index in [0.29, 0.717) is 0 Å². The number of aryl methyl sites for hydroxylation is 1. The summed E-state index contributed by atoms with van der Waals surface area (Å²) in [5, 5.41) is 0. The Labute approximate surface area is 75.3 Å². The van der Waals surface area contributed by atoms with E-state index in [4.69, 9.17) is 11.6 Å². The maximum atomic E-state index is 11.6. The van der Waals surface area contributed by atoms with E-state index in [2.05, 4.69) is 4.98 Å². The molecule has 1 aromatic heterocycles. The topological polar surface area (TPSA) is 86.9 Å². The number of nitrogens with zero attached hydrogens (tertiary/aromatic N) is 2. The molecule has 0 radical (unpaired) electrons. The van der Waals surface area contributed by atoms with Gasteiger partial charge >= 0.3 is 0 Å². The first-order valence-corrected chi connectivity index (χ1v) is 4.35. The number of hydrogen-bond donors (Lipinski definition) is 2. The second-order valence-electron chi connectivity index (χ2n) is 3.28. The summed E-state index contributed by atoms with van der Waals surface area (Å²) >= 11 is 0. The van der Waals surface area contributed by atoms with Crippen LogP contribution in [0.2, 0.25) is 0 Å². The van der Waals surface area contributed by atoms with Crippen molar-refractivity contribution in [3.05, 3.63) is 21.6 Å². The molecule has 13 heavy (non-hydrogen) atoms. The van der Waals surface area contributed by atoms with Crippen LogP contribution in [0.5, 0.6) is 0 Å². The van der Waals surface area contributed by atoms with Gasteiger partial charge in [0.25, 0.3) is 5.56 Å². The summed E-state index contributed by atoms with van der Waals surface area (Å²) in [5.74, 6) is 5.53. The third kappa shape index (κ3) is 1.16. The molecule has 1 aliphatic rings. The van der Waals surface area contributed by atoms with Crippen molar-refractivity contribution in [2.75, 3.05) is 11.6 Å². The van der Waals surface area contributed by atoms with Crippen LogP contribution in [0.1, 0.15) is 24.1 Å². The molecule has 0 amide bonds. The Morgan fingerprint density at radius 2 is 2.00 bits per heavy atom. The van der Waals surface area contributed by atoms with Crippen LogP contribution in [-0.4, -0.2) is 9.66 Å². The summed E-state index contributed by atoms with van der Waals surface area (Å²) in [4.78, 5) is 15.6. The van der Waals surface area contributed by atoms with Crippen molar-refractivity contribution >= 4 is 5.95 Å². The minimum absolute atomic E-state index is 0.102. The second kappa shape index (κ2) is 2.76. The normalized spacial score (nSPS) is 15.4. The number of fused-ring (bicyclic) bond motifs is 1. The zero-order valence-electron chi connectivity index (χ0n) is 7.29. The molecular weight excluding hydrogens is 168 g/mol. The van der Waals surface area contributed by atoms with E-state index >= 15 is 0 Å². The number of hydrogen-bond acceptors (Lipinski definition) is 4. The van der Waals surface area contributed by atoms with E-state index in [-0.39, 0.29) is 11.5 Å². The largest absolute Gasteiger partial charge is 0.368 e. The Hall–Kier alpha value is -1.52. The first-order valence-electron chi connectivity index (χ1n) is 4.35. The van der Waals surface area contributed by atoms with Gasteiger partial charge in [0.2, 0.25) is 5.95 Å². The lowest BCUT2D eigenvalue weighted by Gasteiger charge is -2.15. The molecule has 0 spiro atoms. The van der Waals surface area contributed by atoms with Crippen LogP contribution >= 0.6 is 0 Å². The van der Waals surface area contributed by atoms with Crippen molar-refractivity contribution in [1.82, 2.24) is 9.66 Å². The van der Waals surface area contributed by atoms with E-state index in [1.165, 1.54) is 0 Å². The molecule has 70 valence electrons. The van der Waals surface area contributed by atoms with Gasteiger partial charge in [0.15, 0.2) is 0 Å². The predicted molar refractivity (Wildman–Crippen MR) is 49.7 cm³/mol. The lowest BCUT2D eigenvalue weighted by Crippen LogP contribution is -2.35. The fourth-order valence-electron chi connectivity index (χ4n) is 1.68. The molecule has 1 heterocycles. The third-order valence-electron chi connectivity index (χ3n) is 2.41. The summed E-state index contributed by atoms with van der Waals surface area (Å²) in [6, 6.07) is 0. The van der Waals surface area contributed by atoms with Gasteiger partial charge in [-0.1, -0.05) is 0 Å². The van der Waals surface area contributed by atoms with Crippen LogP contribution < -0.4 is 17.1 Å². The zero-order valence-corrected chi connectivity index (χ0v) is 7.29. The minimum atomic E-state index is -0.192. The van der Waals surface area contributed by atoms with E-state index in [1.54, 1.807) is 0 Å². The van der Waals surface area contributed by atoms with Crippen LogP contribution in [0.15, 0.2) is 4.79 Å². The van der Waals surface area contributed by atoms with E-state index < -0.39 is 0 Å². The monoisotopic (exact) mass is 180 g/mol. The lowest BCUT2D eigenvalue weighted by molar-refractivity contribution is 0.647. The van der Waals surface area contributed by atoms with Crippen LogP contribution in [0, 0.1) is 0 Å². The summed E-state index contributed by atoms with van der Waals surface area (Å²) in [7, 11) is 0. The predicted octanol–water partition coefficient (Wildman–Crippen LogP) is -0.582. The maximum absolute atomic E-state index is 11.6. The highest BCUT2D eigenvalue weighted by atomic mass is 16.1. The van der Waals surface area contributed by atoms with Crippen molar-refractivity contribution in [1.29, 1.82) is 0 Å². The van der Waals surface area contributed by atoms with Crippen LogP contribution in [0.25, 0.3) is 0 Å². The van der Waals surface area contributed by atoms with Gasteiger partial charge in [-0.05, 0) is 25.7 Å². The smallest absolute Gasteiger partial charge is 0.276 e. The number of rotatable bonds is 0. The van der Waals surface area contributed by atoms with Gasteiger partial charge in [-0.25, -0.2) is 4.98 Å². The lowest BCUT2D eigenvalue weighted by atomic mass is 9.97. The average Bonchev–Trinajstić information content (AvgIpc) is 2.15. The van der Waals surface area contributed by atoms with E-state index in [9.17, 15) is 4.79 Å². The molecule has 1 aromatic rings. The Morgan fingerprint density at radius 1 is 1.31 bits per heavy atom. The summed E-state index contributed by atoms with van der Waals surface area (Å²) in [5.41, 5.74) is 6.85. The fourth-order valence-corrected chi connectivity index (χ4v) is 1.68. The minimum Gasteiger partial charge on any atom is -0.368 e. The molecule has 5 nitrogen and oxygen atoms in total. The Morgan fingerprint density at radius 3 is 2.77 bits per heavy atom. The highest BCUT2D eigenvalue weighted by Gasteiger charge is 2.16. The molecule has 0 saturated heterocycles. The summed E-state index contributed by atoms with van der Waals surface area (Å²) < 4.78 is 0.921. The second-order valence-corrected chi connectivity index (χ2v) is 3.28. The fraction of sp³-hybridized carbons (Fsp3) is 0.500. The molecule has 0 bridgehead atoms. The molecule has 0 aromatic carbocycles. The Bertz CT molecular complexity index is 396. The van der Waals surface area contributed by atoms with Crippen molar-refractivity contribution in [3.63, 3.8) is 0 Å². The van der Waals surface area contributed by atoms with Gasteiger partial charge in [-0.3, -0.25) is 4.79 Å². The highest BCUT2D eigenvalue weighted by Crippen LogP contribution is 2.16. The van der Waals surface area contributed by atoms with Gasteiger partial charge in [0.05, 0.1) is 5.69 Å². The molecule has 0 saturated carbocycles. The maximum Gasteiger partial charge on any atom is 0.276 e. The van der Waals surface area contributed by atoms with Crippen molar-refractivity contribution in [2.45, 2.75) is 25.7 Å². The summed E-state index contributed by atoms with van der Waals surface area (Å²) in [6.07, 6.45) is 3.73. The standard InChI is InChI=1S/C8H12N4O/c9-8-11-6-4-2-1-3-5(6)7(13)12(8)10/h1-4,10H2,(H2,9,11). The van der Waals surface area contributed by atoms with Gasteiger partial charge in [0.1, 0.15) is 0 Å². The average molecular weight is 180 g/mol. The van der Waals surface area contributed by atoms with Crippen LogP contribution in [-0.2, 0) is 12.8 Å². The van der Waals surface area contributed by atoms with Crippen molar-refractivity contribution in [2.24, 2.45) is 0 Å². The summed E-state index contributed by atoms with van der Waals surface area (Å²) in [6.45, 7) is 0. The number of aromatic nitrogens is 2. The van der Waals surface area contributed by atoms with Crippen LogP contribution in [0.3, 0.4) is 0 Å². The SMILES string of the molecule is Nc1nc2c(c(=O)n1N)CCCC2. The molecule has 1 aliphatic carbocycles. The van der Waals surface area contributed by atoms with Gasteiger partial charge < -0.3 is 11.6 Å².